The largest absolute Gasteiger partial charge is 0.416 e. The van der Waals surface area contributed by atoms with E-state index in [0.29, 0.717) is 5.56 Å². The van der Waals surface area contributed by atoms with Crippen molar-refractivity contribution in [1.29, 1.82) is 0 Å². The van der Waals surface area contributed by atoms with Crippen molar-refractivity contribution in [3.8, 4) is 22.9 Å². The van der Waals surface area contributed by atoms with Crippen molar-refractivity contribution in [1.82, 2.24) is 10.2 Å². The number of halogens is 4. The second kappa shape index (κ2) is 5.25. The van der Waals surface area contributed by atoms with E-state index < -0.39 is 17.6 Å². The predicted molar refractivity (Wildman–Crippen MR) is 70.1 cm³/mol. The van der Waals surface area contributed by atoms with Gasteiger partial charge in [0.1, 0.15) is 5.82 Å². The molecular formula is C15H8F4N2O. The van der Waals surface area contributed by atoms with Gasteiger partial charge in [0.05, 0.1) is 5.56 Å². The summed E-state index contributed by atoms with van der Waals surface area (Å²) in [7, 11) is 0. The van der Waals surface area contributed by atoms with E-state index >= 15 is 0 Å². The number of hydrogen-bond acceptors (Lipinski definition) is 3. The highest BCUT2D eigenvalue weighted by atomic mass is 19.4. The van der Waals surface area contributed by atoms with Crippen LogP contribution in [0.2, 0.25) is 0 Å². The number of nitrogens with zero attached hydrogens (tertiary/aromatic N) is 2. The zero-order valence-corrected chi connectivity index (χ0v) is 10.9. The van der Waals surface area contributed by atoms with Crippen LogP contribution in [-0.2, 0) is 6.18 Å². The van der Waals surface area contributed by atoms with Gasteiger partial charge in [-0.05, 0) is 36.4 Å². The molecule has 3 rings (SSSR count). The van der Waals surface area contributed by atoms with Crippen LogP contribution in [-0.4, -0.2) is 10.2 Å². The van der Waals surface area contributed by atoms with E-state index in [0.717, 1.165) is 12.1 Å². The molecule has 0 atom stereocenters. The van der Waals surface area contributed by atoms with Gasteiger partial charge in [0.15, 0.2) is 0 Å². The minimum atomic E-state index is -4.46. The second-order valence-electron chi connectivity index (χ2n) is 4.50. The van der Waals surface area contributed by atoms with Gasteiger partial charge in [-0.25, -0.2) is 4.39 Å². The molecule has 0 aliphatic rings. The summed E-state index contributed by atoms with van der Waals surface area (Å²) in [4.78, 5) is 0. The highest BCUT2D eigenvalue weighted by molar-refractivity contribution is 5.58. The minimum Gasteiger partial charge on any atom is -0.416 e. The molecule has 0 saturated heterocycles. The molecule has 3 nitrogen and oxygen atoms in total. The van der Waals surface area contributed by atoms with Crippen molar-refractivity contribution in [2.75, 3.05) is 0 Å². The minimum absolute atomic E-state index is 0.0342. The highest BCUT2D eigenvalue weighted by Crippen LogP contribution is 2.32. The summed E-state index contributed by atoms with van der Waals surface area (Å²) in [6.45, 7) is 0. The van der Waals surface area contributed by atoms with E-state index in [1.165, 1.54) is 30.3 Å². The maximum atomic E-state index is 13.2. The zero-order chi connectivity index (χ0) is 15.7. The number of aromatic nitrogens is 2. The fraction of sp³-hybridized carbons (Fsp3) is 0.0667. The summed E-state index contributed by atoms with van der Waals surface area (Å²) >= 11 is 0. The van der Waals surface area contributed by atoms with Crippen molar-refractivity contribution >= 4 is 0 Å². The van der Waals surface area contributed by atoms with Gasteiger partial charge in [0.25, 0.3) is 0 Å². The summed E-state index contributed by atoms with van der Waals surface area (Å²) in [6.07, 6.45) is -4.46. The lowest BCUT2D eigenvalue weighted by Gasteiger charge is -2.06. The summed E-state index contributed by atoms with van der Waals surface area (Å²) in [5.74, 6) is -0.506. The lowest BCUT2D eigenvalue weighted by atomic mass is 10.1. The van der Waals surface area contributed by atoms with Crippen molar-refractivity contribution < 1.29 is 22.0 Å². The fourth-order valence-corrected chi connectivity index (χ4v) is 1.91. The van der Waals surface area contributed by atoms with Crippen LogP contribution in [0.1, 0.15) is 5.56 Å². The molecule has 1 heterocycles. The fourth-order valence-electron chi connectivity index (χ4n) is 1.91. The van der Waals surface area contributed by atoms with Gasteiger partial charge >= 0.3 is 6.18 Å². The predicted octanol–water partition coefficient (Wildman–Crippen LogP) is 4.56. The molecule has 0 aliphatic carbocycles. The molecule has 0 N–H and O–H groups in total. The number of alkyl halides is 3. The lowest BCUT2D eigenvalue weighted by Crippen LogP contribution is -2.04. The van der Waals surface area contributed by atoms with Crippen molar-refractivity contribution in [3.05, 3.63) is 59.9 Å². The zero-order valence-electron chi connectivity index (χ0n) is 10.9. The SMILES string of the molecule is Fc1cccc(-c2nnc(-c3cccc(C(F)(F)F)c3)o2)c1. The van der Waals surface area contributed by atoms with E-state index in [4.69, 9.17) is 4.42 Å². The van der Waals surface area contributed by atoms with Crippen LogP contribution in [0.4, 0.5) is 17.6 Å². The quantitative estimate of drug-likeness (QED) is 0.651. The summed E-state index contributed by atoms with van der Waals surface area (Å²) in [5.41, 5.74) is -0.314. The van der Waals surface area contributed by atoms with Crippen LogP contribution in [0.5, 0.6) is 0 Å². The smallest absolute Gasteiger partial charge is 0.416 e. The van der Waals surface area contributed by atoms with Crippen LogP contribution in [0.3, 0.4) is 0 Å². The number of rotatable bonds is 2. The first-order valence-electron chi connectivity index (χ1n) is 6.20. The molecule has 0 amide bonds. The average molecular weight is 308 g/mol. The van der Waals surface area contributed by atoms with Gasteiger partial charge in [-0.3, -0.25) is 0 Å². The van der Waals surface area contributed by atoms with Crippen LogP contribution in [0.15, 0.2) is 52.9 Å². The molecule has 22 heavy (non-hydrogen) atoms. The molecular weight excluding hydrogens is 300 g/mol. The molecule has 0 unspecified atom stereocenters. The van der Waals surface area contributed by atoms with Gasteiger partial charge in [0, 0.05) is 11.1 Å². The van der Waals surface area contributed by atoms with Gasteiger partial charge in [0.2, 0.25) is 11.8 Å². The standard InChI is InChI=1S/C15H8F4N2O/c16-12-6-2-4-10(8-12)14-21-20-13(22-14)9-3-1-5-11(7-9)15(17,18)19/h1-8H. The molecule has 3 aromatic rings. The highest BCUT2D eigenvalue weighted by Gasteiger charge is 2.30. The Morgan fingerprint density at radius 2 is 1.41 bits per heavy atom. The van der Waals surface area contributed by atoms with Gasteiger partial charge in [-0.2, -0.15) is 13.2 Å². The third-order valence-electron chi connectivity index (χ3n) is 2.93. The third-order valence-corrected chi connectivity index (χ3v) is 2.93. The van der Waals surface area contributed by atoms with E-state index in [9.17, 15) is 17.6 Å². The van der Waals surface area contributed by atoms with Crippen LogP contribution in [0.25, 0.3) is 22.9 Å². The second-order valence-corrected chi connectivity index (χ2v) is 4.50. The Morgan fingerprint density at radius 3 is 2.00 bits per heavy atom. The summed E-state index contributed by atoms with van der Waals surface area (Å²) in [6, 6.07) is 10.0. The van der Waals surface area contributed by atoms with Crippen molar-refractivity contribution in [3.63, 3.8) is 0 Å². The monoisotopic (exact) mass is 308 g/mol. The molecule has 1 aromatic heterocycles. The molecule has 0 saturated carbocycles. The molecule has 0 aliphatic heterocycles. The normalized spacial score (nSPS) is 11.6. The van der Waals surface area contributed by atoms with E-state index in [-0.39, 0.29) is 17.3 Å². The van der Waals surface area contributed by atoms with Crippen molar-refractivity contribution in [2.24, 2.45) is 0 Å². The van der Waals surface area contributed by atoms with Gasteiger partial charge in [-0.1, -0.05) is 12.1 Å². The number of benzene rings is 2. The molecule has 112 valence electrons. The van der Waals surface area contributed by atoms with Gasteiger partial charge < -0.3 is 4.42 Å². The molecule has 0 bridgehead atoms. The Balaban J connectivity index is 1.98. The first kappa shape index (κ1) is 14.2. The number of hydrogen-bond donors (Lipinski definition) is 0. The van der Waals surface area contributed by atoms with Crippen LogP contribution < -0.4 is 0 Å². The third kappa shape index (κ3) is 2.83. The summed E-state index contributed by atoms with van der Waals surface area (Å²) in [5, 5.41) is 7.44. The van der Waals surface area contributed by atoms with E-state index in [2.05, 4.69) is 10.2 Å². The van der Waals surface area contributed by atoms with E-state index in [1.54, 1.807) is 6.07 Å². The Kier molecular flexibility index (Phi) is 3.40. The van der Waals surface area contributed by atoms with E-state index in [1.807, 2.05) is 0 Å². The Labute approximate surface area is 122 Å². The Bertz CT molecular complexity index is 811. The molecule has 0 spiro atoms. The molecule has 0 radical (unpaired) electrons. The van der Waals surface area contributed by atoms with Crippen molar-refractivity contribution in [2.45, 2.75) is 6.18 Å². The molecule has 7 heteroatoms. The lowest BCUT2D eigenvalue weighted by molar-refractivity contribution is -0.137. The topological polar surface area (TPSA) is 38.9 Å². The van der Waals surface area contributed by atoms with Gasteiger partial charge in [-0.15, -0.1) is 10.2 Å². The molecule has 2 aromatic carbocycles. The van der Waals surface area contributed by atoms with Crippen LogP contribution >= 0.6 is 0 Å². The molecule has 0 fully saturated rings. The first-order chi connectivity index (χ1) is 10.4. The summed E-state index contributed by atoms with van der Waals surface area (Å²) < 4.78 is 56.5. The first-order valence-corrected chi connectivity index (χ1v) is 6.20. The maximum absolute atomic E-state index is 13.2. The Hall–Kier alpha value is -2.70. The average Bonchev–Trinajstić information content (AvgIpc) is 2.96. The van der Waals surface area contributed by atoms with Crippen LogP contribution in [0, 0.1) is 5.82 Å². The Morgan fingerprint density at radius 1 is 0.818 bits per heavy atom. The maximum Gasteiger partial charge on any atom is 0.416 e.